The molecule has 0 saturated carbocycles. The van der Waals surface area contributed by atoms with Gasteiger partial charge in [0.05, 0.1) is 0 Å². The predicted molar refractivity (Wildman–Crippen MR) is 33.5 cm³/mol. The largest absolute Gasteiger partial charge is 0.266 e. The minimum atomic E-state index is -2.61. The zero-order valence-corrected chi connectivity index (χ0v) is 5.93. The molecule has 0 fully saturated rings. The summed E-state index contributed by atoms with van der Waals surface area (Å²) >= 11 is 0. The highest BCUT2D eigenvalue weighted by molar-refractivity contribution is 7.46. The molecule has 0 nitrogen and oxygen atoms in total. The average molecular weight is 140 g/mol. The molecule has 0 bridgehead atoms. The van der Waals surface area contributed by atoms with E-state index in [-0.39, 0.29) is 6.16 Å². The lowest BCUT2D eigenvalue weighted by Gasteiger charge is -1.93. The van der Waals surface area contributed by atoms with E-state index in [4.69, 9.17) is 0 Å². The number of unbranched alkanes of at least 4 members (excludes halogenated alkanes) is 2. The Hall–Kier alpha value is 0.290. The van der Waals surface area contributed by atoms with Crippen molar-refractivity contribution in [1.82, 2.24) is 0 Å². The van der Waals surface area contributed by atoms with Crippen molar-refractivity contribution in [3.8, 4) is 0 Å². The lowest BCUT2D eigenvalue weighted by Crippen LogP contribution is -1.75. The van der Waals surface area contributed by atoms with Gasteiger partial charge in [-0.1, -0.05) is 19.8 Å². The molecule has 0 amide bonds. The molecule has 50 valence electrons. The van der Waals surface area contributed by atoms with Crippen LogP contribution < -0.4 is 0 Å². The lowest BCUT2D eigenvalue weighted by molar-refractivity contribution is 0.705. The van der Waals surface area contributed by atoms with E-state index >= 15 is 0 Å². The van der Waals surface area contributed by atoms with Crippen molar-refractivity contribution < 1.29 is 8.39 Å². The van der Waals surface area contributed by atoms with Gasteiger partial charge < -0.3 is 0 Å². The van der Waals surface area contributed by atoms with Gasteiger partial charge in [-0.3, -0.25) is 0 Å². The Bertz CT molecular complexity index is 47.7. The Morgan fingerprint density at radius 3 is 2.25 bits per heavy atom. The van der Waals surface area contributed by atoms with Gasteiger partial charge in [0.25, 0.3) is 8.54 Å². The second-order valence-corrected chi connectivity index (χ2v) is 2.79. The summed E-state index contributed by atoms with van der Waals surface area (Å²) in [6, 6.07) is 0. The molecule has 0 aromatic carbocycles. The van der Waals surface area contributed by atoms with Crippen LogP contribution >= 0.6 is 8.54 Å². The monoisotopic (exact) mass is 140 g/mol. The molecule has 0 saturated heterocycles. The molecule has 0 spiro atoms. The summed E-state index contributed by atoms with van der Waals surface area (Å²) in [6.07, 6.45) is 2.83. The van der Waals surface area contributed by atoms with E-state index < -0.39 is 8.54 Å². The van der Waals surface area contributed by atoms with Gasteiger partial charge in [-0.2, -0.15) is 8.39 Å². The predicted octanol–water partition coefficient (Wildman–Crippen LogP) is 3.43. The fourth-order valence-corrected chi connectivity index (χ4v) is 0.944. The van der Waals surface area contributed by atoms with Crippen LogP contribution in [0.25, 0.3) is 0 Å². The highest BCUT2D eigenvalue weighted by Crippen LogP contribution is 2.39. The molecular weight excluding hydrogens is 129 g/mol. The van der Waals surface area contributed by atoms with Crippen molar-refractivity contribution >= 4 is 8.54 Å². The molecule has 3 heteroatoms. The molecule has 0 aromatic rings. The van der Waals surface area contributed by atoms with Crippen LogP contribution in [0.4, 0.5) is 8.39 Å². The number of hydrogen-bond donors (Lipinski definition) is 0. The van der Waals surface area contributed by atoms with Gasteiger partial charge in [0.2, 0.25) is 0 Å². The van der Waals surface area contributed by atoms with Gasteiger partial charge in [0.1, 0.15) is 0 Å². The number of halogens is 2. The fourth-order valence-electron chi connectivity index (χ4n) is 0.481. The molecule has 0 atom stereocenters. The summed E-state index contributed by atoms with van der Waals surface area (Å²) in [5, 5.41) is 0. The summed E-state index contributed by atoms with van der Waals surface area (Å²) in [7, 11) is -2.61. The Labute approximate surface area is 50.3 Å². The topological polar surface area (TPSA) is 0 Å². The second kappa shape index (κ2) is 5.43. The smallest absolute Gasteiger partial charge is 0.189 e. The maximum absolute atomic E-state index is 11.4. The minimum Gasteiger partial charge on any atom is -0.189 e. The summed E-state index contributed by atoms with van der Waals surface area (Å²) in [5.74, 6) is 0. The molecule has 0 aliphatic heterocycles. The van der Waals surface area contributed by atoms with E-state index in [1.807, 2.05) is 6.92 Å². The normalized spacial score (nSPS) is 10.5. The van der Waals surface area contributed by atoms with E-state index in [0.717, 1.165) is 12.8 Å². The first kappa shape index (κ1) is 8.29. The van der Waals surface area contributed by atoms with Crippen molar-refractivity contribution in [2.75, 3.05) is 6.16 Å². The maximum Gasteiger partial charge on any atom is 0.266 e. The molecule has 8 heavy (non-hydrogen) atoms. The van der Waals surface area contributed by atoms with Crippen LogP contribution in [0.1, 0.15) is 26.2 Å². The number of rotatable bonds is 4. The van der Waals surface area contributed by atoms with Gasteiger partial charge in [-0.25, -0.2) is 0 Å². The van der Waals surface area contributed by atoms with Gasteiger partial charge >= 0.3 is 0 Å². The van der Waals surface area contributed by atoms with Crippen molar-refractivity contribution in [3.63, 3.8) is 0 Å². The van der Waals surface area contributed by atoms with Crippen molar-refractivity contribution in [3.05, 3.63) is 0 Å². The average Bonchev–Trinajstić information content (AvgIpc) is 1.66. The molecule has 0 aromatic heterocycles. The highest BCUT2D eigenvalue weighted by Gasteiger charge is 2.00. The standard InChI is InChI=1S/C5H11F2P/c1-2-3-4-5-8(6)7/h2-5H2,1H3. The molecule has 0 rings (SSSR count). The van der Waals surface area contributed by atoms with Crippen molar-refractivity contribution in [1.29, 1.82) is 0 Å². The van der Waals surface area contributed by atoms with Crippen molar-refractivity contribution in [2.45, 2.75) is 26.2 Å². The maximum atomic E-state index is 11.4. The zero-order chi connectivity index (χ0) is 6.41. The Morgan fingerprint density at radius 1 is 1.25 bits per heavy atom. The summed E-state index contributed by atoms with van der Waals surface area (Å²) < 4.78 is 22.8. The molecule has 0 radical (unpaired) electrons. The van der Waals surface area contributed by atoms with Gasteiger partial charge in [-0.05, 0) is 6.42 Å². The zero-order valence-electron chi connectivity index (χ0n) is 5.03. The van der Waals surface area contributed by atoms with E-state index in [1.165, 1.54) is 0 Å². The first-order chi connectivity index (χ1) is 3.77. The summed E-state index contributed by atoms with van der Waals surface area (Å²) in [5.41, 5.74) is 0. The van der Waals surface area contributed by atoms with E-state index in [9.17, 15) is 8.39 Å². The third-order valence-corrected chi connectivity index (χ3v) is 1.58. The first-order valence-corrected chi connectivity index (χ1v) is 4.17. The molecule has 0 N–H and O–H groups in total. The quantitative estimate of drug-likeness (QED) is 0.414. The van der Waals surface area contributed by atoms with E-state index in [0.29, 0.717) is 6.42 Å². The summed E-state index contributed by atoms with van der Waals surface area (Å²) in [6.45, 7) is 2.01. The first-order valence-electron chi connectivity index (χ1n) is 2.86. The highest BCUT2D eigenvalue weighted by atomic mass is 31.2. The molecule has 0 aliphatic carbocycles. The van der Waals surface area contributed by atoms with Gasteiger partial charge in [0, 0.05) is 6.16 Å². The van der Waals surface area contributed by atoms with Crippen LogP contribution in [0.2, 0.25) is 0 Å². The van der Waals surface area contributed by atoms with Gasteiger partial charge in [0.15, 0.2) is 0 Å². The lowest BCUT2D eigenvalue weighted by atomic mass is 10.3. The van der Waals surface area contributed by atoms with Crippen LogP contribution in [-0.2, 0) is 0 Å². The fraction of sp³-hybridized carbons (Fsp3) is 1.00. The van der Waals surface area contributed by atoms with E-state index in [2.05, 4.69) is 0 Å². The van der Waals surface area contributed by atoms with Crippen LogP contribution in [-0.4, -0.2) is 6.16 Å². The molecule has 0 heterocycles. The Morgan fingerprint density at radius 2 is 1.88 bits per heavy atom. The molecule has 0 unspecified atom stereocenters. The van der Waals surface area contributed by atoms with E-state index in [1.54, 1.807) is 0 Å². The van der Waals surface area contributed by atoms with Crippen LogP contribution in [0, 0.1) is 0 Å². The molecular formula is C5H11F2P. The summed E-state index contributed by atoms with van der Waals surface area (Å²) in [4.78, 5) is 0. The second-order valence-electron chi connectivity index (χ2n) is 1.73. The third-order valence-electron chi connectivity index (χ3n) is 0.931. The molecule has 0 aliphatic rings. The van der Waals surface area contributed by atoms with Crippen molar-refractivity contribution in [2.24, 2.45) is 0 Å². The Balaban J connectivity index is 2.72. The SMILES string of the molecule is CCCCCP(F)F. The van der Waals surface area contributed by atoms with Crippen LogP contribution in [0.15, 0.2) is 0 Å². The number of hydrogen-bond acceptors (Lipinski definition) is 0. The van der Waals surface area contributed by atoms with Crippen LogP contribution in [0.5, 0.6) is 0 Å². The Kier molecular flexibility index (Phi) is 5.62. The minimum absolute atomic E-state index is 0.142. The van der Waals surface area contributed by atoms with Crippen LogP contribution in [0.3, 0.4) is 0 Å². The van der Waals surface area contributed by atoms with Gasteiger partial charge in [-0.15, -0.1) is 0 Å². The third kappa shape index (κ3) is 6.29.